The van der Waals surface area contributed by atoms with Gasteiger partial charge in [-0.1, -0.05) is 13.3 Å². The summed E-state index contributed by atoms with van der Waals surface area (Å²) >= 11 is 1.44. The molecule has 4 N–H and O–H groups in total. The third kappa shape index (κ3) is 3.56. The summed E-state index contributed by atoms with van der Waals surface area (Å²) in [5, 5.41) is 11.5. The number of carboxylic acid groups (broad SMARTS) is 1. The lowest BCUT2D eigenvalue weighted by molar-refractivity contribution is -0.141. The zero-order chi connectivity index (χ0) is 15.5. The van der Waals surface area contributed by atoms with Gasteiger partial charge in [0.05, 0.1) is 5.37 Å². The maximum Gasteiger partial charge on any atom is 0.327 e. The first-order chi connectivity index (χ1) is 9.20. The lowest BCUT2D eigenvalue weighted by Gasteiger charge is -2.31. The third-order valence-electron chi connectivity index (χ3n) is 3.18. The molecule has 0 saturated carbocycles. The van der Waals surface area contributed by atoms with E-state index in [1.54, 1.807) is 0 Å². The molecule has 1 aliphatic rings. The molecular weight excluding hydrogens is 282 g/mol. The van der Waals surface area contributed by atoms with Gasteiger partial charge in [0.25, 0.3) is 0 Å². The van der Waals surface area contributed by atoms with Crippen LogP contribution in [0, 0.1) is 0 Å². The normalized spacial score (nSPS) is 22.6. The fourth-order valence-electron chi connectivity index (χ4n) is 1.89. The lowest BCUT2D eigenvalue weighted by atomic mass is 10.1. The molecule has 1 saturated heterocycles. The fourth-order valence-corrected chi connectivity index (χ4v) is 3.40. The van der Waals surface area contributed by atoms with Crippen molar-refractivity contribution >= 4 is 29.7 Å². The summed E-state index contributed by atoms with van der Waals surface area (Å²) in [6, 6.07) is -1.44. The molecule has 1 aliphatic heterocycles. The maximum atomic E-state index is 12.3. The Balaban J connectivity index is 2.89. The number of carbonyl (C=O) groups excluding carboxylic acids is 2. The van der Waals surface area contributed by atoms with E-state index in [9.17, 15) is 19.5 Å². The number of primary amides is 1. The second kappa shape index (κ2) is 6.34. The highest BCUT2D eigenvalue weighted by atomic mass is 32.2. The molecule has 7 nitrogen and oxygen atoms in total. The predicted molar refractivity (Wildman–Crippen MR) is 76.2 cm³/mol. The van der Waals surface area contributed by atoms with E-state index in [1.165, 1.54) is 30.5 Å². The minimum absolute atomic E-state index is 0.190. The topological polar surface area (TPSA) is 113 Å². The standard InChI is InChI=1S/C12H21N3O4S/c1-4-5-8-15(7(6-20-8)9(16)17)11(19)14-12(2,3)10(13)18/h7-8H,4-6H2,1-3H3,(H2,13,18)(H,14,19)(H,16,17). The van der Waals surface area contributed by atoms with Crippen LogP contribution in [-0.2, 0) is 9.59 Å². The fraction of sp³-hybridized carbons (Fsp3) is 0.750. The van der Waals surface area contributed by atoms with Crippen molar-refractivity contribution in [2.24, 2.45) is 5.73 Å². The molecule has 114 valence electrons. The minimum atomic E-state index is -1.22. The smallest absolute Gasteiger partial charge is 0.327 e. The summed E-state index contributed by atoms with van der Waals surface area (Å²) in [4.78, 5) is 36.1. The van der Waals surface area contributed by atoms with Crippen LogP contribution in [-0.4, -0.2) is 50.6 Å². The molecule has 2 unspecified atom stereocenters. The molecule has 1 rings (SSSR count). The second-order valence-electron chi connectivity index (χ2n) is 5.26. The summed E-state index contributed by atoms with van der Waals surface area (Å²) in [5.74, 6) is -1.36. The van der Waals surface area contributed by atoms with Gasteiger partial charge in [-0.2, -0.15) is 0 Å². The van der Waals surface area contributed by atoms with Crippen molar-refractivity contribution in [2.75, 3.05) is 5.75 Å². The van der Waals surface area contributed by atoms with Crippen LogP contribution in [0.15, 0.2) is 0 Å². The summed E-state index contributed by atoms with van der Waals surface area (Å²) in [7, 11) is 0. The number of aliphatic carboxylic acids is 1. The van der Waals surface area contributed by atoms with E-state index >= 15 is 0 Å². The molecule has 1 fully saturated rings. The largest absolute Gasteiger partial charge is 0.480 e. The Hall–Kier alpha value is -1.44. The Morgan fingerprint density at radius 3 is 2.50 bits per heavy atom. The van der Waals surface area contributed by atoms with Gasteiger partial charge in [0.15, 0.2) is 0 Å². The Labute approximate surface area is 122 Å². The third-order valence-corrected chi connectivity index (χ3v) is 4.54. The van der Waals surface area contributed by atoms with Gasteiger partial charge in [-0.05, 0) is 20.3 Å². The average Bonchev–Trinajstić information content (AvgIpc) is 2.72. The summed E-state index contributed by atoms with van der Waals surface area (Å²) in [5.41, 5.74) is 3.99. The van der Waals surface area contributed by atoms with Gasteiger partial charge in [0, 0.05) is 5.75 Å². The zero-order valence-corrected chi connectivity index (χ0v) is 12.7. The molecule has 2 atom stereocenters. The van der Waals surface area contributed by atoms with Gasteiger partial charge in [-0.15, -0.1) is 11.8 Å². The van der Waals surface area contributed by atoms with E-state index < -0.39 is 29.5 Å². The Morgan fingerprint density at radius 2 is 2.05 bits per heavy atom. The van der Waals surface area contributed by atoms with E-state index in [0.29, 0.717) is 12.2 Å². The minimum Gasteiger partial charge on any atom is -0.480 e. The molecular formula is C12H21N3O4S. The van der Waals surface area contributed by atoms with E-state index in [2.05, 4.69) is 5.32 Å². The molecule has 0 aliphatic carbocycles. The van der Waals surface area contributed by atoms with Crippen LogP contribution in [0.1, 0.15) is 33.6 Å². The van der Waals surface area contributed by atoms with Crippen LogP contribution in [0.3, 0.4) is 0 Å². The van der Waals surface area contributed by atoms with Gasteiger partial charge in [0.1, 0.15) is 11.6 Å². The summed E-state index contributed by atoms with van der Waals surface area (Å²) in [6.45, 7) is 4.94. The quantitative estimate of drug-likeness (QED) is 0.688. The molecule has 0 radical (unpaired) electrons. The highest BCUT2D eigenvalue weighted by molar-refractivity contribution is 8.00. The summed E-state index contributed by atoms with van der Waals surface area (Å²) < 4.78 is 0. The monoisotopic (exact) mass is 303 g/mol. The number of nitrogens with two attached hydrogens (primary N) is 1. The second-order valence-corrected chi connectivity index (χ2v) is 6.47. The van der Waals surface area contributed by atoms with Crippen LogP contribution >= 0.6 is 11.8 Å². The molecule has 0 aromatic heterocycles. The van der Waals surface area contributed by atoms with Crippen molar-refractivity contribution in [2.45, 2.75) is 50.6 Å². The van der Waals surface area contributed by atoms with Crippen LogP contribution in [0.2, 0.25) is 0 Å². The van der Waals surface area contributed by atoms with Crippen molar-refractivity contribution in [3.63, 3.8) is 0 Å². The van der Waals surface area contributed by atoms with Gasteiger partial charge in [-0.3, -0.25) is 9.69 Å². The van der Waals surface area contributed by atoms with E-state index in [4.69, 9.17) is 5.73 Å². The van der Waals surface area contributed by atoms with Crippen molar-refractivity contribution in [3.05, 3.63) is 0 Å². The number of nitrogens with one attached hydrogen (secondary N) is 1. The van der Waals surface area contributed by atoms with Crippen molar-refractivity contribution in [3.8, 4) is 0 Å². The van der Waals surface area contributed by atoms with Crippen molar-refractivity contribution in [1.82, 2.24) is 10.2 Å². The SMILES string of the molecule is CCCC1SCC(C(=O)O)N1C(=O)NC(C)(C)C(N)=O. The van der Waals surface area contributed by atoms with E-state index in [-0.39, 0.29) is 5.37 Å². The maximum absolute atomic E-state index is 12.3. The Morgan fingerprint density at radius 1 is 1.45 bits per heavy atom. The Bertz CT molecular complexity index is 414. The van der Waals surface area contributed by atoms with Gasteiger partial charge >= 0.3 is 12.0 Å². The molecule has 1 heterocycles. The average molecular weight is 303 g/mol. The van der Waals surface area contributed by atoms with Crippen LogP contribution in [0.25, 0.3) is 0 Å². The first kappa shape index (κ1) is 16.6. The van der Waals surface area contributed by atoms with Gasteiger partial charge < -0.3 is 16.2 Å². The van der Waals surface area contributed by atoms with Crippen LogP contribution in [0.5, 0.6) is 0 Å². The number of carboxylic acids is 1. The molecule has 0 bridgehead atoms. The van der Waals surface area contributed by atoms with Gasteiger partial charge in [0.2, 0.25) is 5.91 Å². The number of nitrogens with zero attached hydrogens (tertiary/aromatic N) is 1. The predicted octanol–water partition coefficient (Wildman–Crippen LogP) is 0.588. The first-order valence-corrected chi connectivity index (χ1v) is 7.50. The Kier molecular flexibility index (Phi) is 5.27. The van der Waals surface area contributed by atoms with E-state index in [0.717, 1.165) is 6.42 Å². The zero-order valence-electron chi connectivity index (χ0n) is 11.9. The number of rotatable bonds is 5. The van der Waals surface area contributed by atoms with Crippen LogP contribution < -0.4 is 11.1 Å². The number of carbonyl (C=O) groups is 3. The molecule has 0 aromatic rings. The highest BCUT2D eigenvalue weighted by Crippen LogP contribution is 2.32. The molecule has 8 heteroatoms. The number of hydrogen-bond donors (Lipinski definition) is 3. The van der Waals surface area contributed by atoms with Crippen LogP contribution in [0.4, 0.5) is 4.79 Å². The molecule has 0 spiro atoms. The van der Waals surface area contributed by atoms with E-state index in [1.807, 2.05) is 6.92 Å². The lowest BCUT2D eigenvalue weighted by Crippen LogP contribution is -2.59. The number of urea groups is 1. The molecule has 0 aromatic carbocycles. The highest BCUT2D eigenvalue weighted by Gasteiger charge is 2.43. The van der Waals surface area contributed by atoms with Crippen molar-refractivity contribution in [1.29, 1.82) is 0 Å². The number of thioether (sulfide) groups is 1. The summed E-state index contributed by atoms with van der Waals surface area (Å²) in [6.07, 6.45) is 1.55. The van der Waals surface area contributed by atoms with Gasteiger partial charge in [-0.25, -0.2) is 9.59 Å². The first-order valence-electron chi connectivity index (χ1n) is 6.45. The number of hydrogen-bond acceptors (Lipinski definition) is 4. The molecule has 3 amide bonds. The van der Waals surface area contributed by atoms with Crippen molar-refractivity contribution < 1.29 is 19.5 Å². The number of amides is 3. The molecule has 20 heavy (non-hydrogen) atoms.